The number of likely N-dealkylation sites (tertiary alicyclic amines) is 1. The molecule has 8 heteroatoms. The van der Waals surface area contributed by atoms with Gasteiger partial charge in [-0.1, -0.05) is 0 Å². The van der Waals surface area contributed by atoms with E-state index in [1.54, 1.807) is 18.5 Å². The minimum absolute atomic E-state index is 0.149. The van der Waals surface area contributed by atoms with Crippen molar-refractivity contribution in [1.82, 2.24) is 20.2 Å². The molecule has 0 bridgehead atoms. The maximum absolute atomic E-state index is 12.1. The number of rotatable bonds is 4. The summed E-state index contributed by atoms with van der Waals surface area (Å²) in [7, 11) is 0. The summed E-state index contributed by atoms with van der Waals surface area (Å²) in [5.41, 5.74) is 0.792. The first-order valence-electron chi connectivity index (χ1n) is 7.60. The quantitative estimate of drug-likeness (QED) is 0.888. The van der Waals surface area contributed by atoms with Crippen molar-refractivity contribution in [2.24, 2.45) is 17.8 Å². The Kier molecular flexibility index (Phi) is 3.41. The first-order chi connectivity index (χ1) is 11.1. The van der Waals surface area contributed by atoms with Gasteiger partial charge >= 0.3 is 6.09 Å². The standard InChI is InChI=1S/C15H16N4O3S/c20-13(14-18-11-2-3-16-5-12(11)23-14)17-4-1-8-9-6-19(15(21)22)7-10(8)9/h2-3,5,8-10H,1,4,6-7H2,(H,17,20)(H,21,22). The van der Waals surface area contributed by atoms with Crippen molar-refractivity contribution in [3.63, 3.8) is 0 Å². The topological polar surface area (TPSA) is 95.4 Å². The molecule has 2 atom stereocenters. The van der Waals surface area contributed by atoms with Crippen molar-refractivity contribution in [3.05, 3.63) is 23.5 Å². The van der Waals surface area contributed by atoms with E-state index in [0.29, 0.717) is 42.4 Å². The molecule has 1 saturated carbocycles. The van der Waals surface area contributed by atoms with Crippen molar-refractivity contribution >= 4 is 33.6 Å². The second-order valence-corrected chi connectivity index (χ2v) is 7.12. The van der Waals surface area contributed by atoms with Gasteiger partial charge in [0.2, 0.25) is 0 Å². The number of pyridine rings is 1. The van der Waals surface area contributed by atoms with E-state index in [0.717, 1.165) is 16.6 Å². The lowest BCUT2D eigenvalue weighted by Gasteiger charge is -2.15. The molecule has 3 heterocycles. The molecule has 1 aliphatic heterocycles. The fraction of sp³-hybridized carbons (Fsp3) is 0.467. The van der Waals surface area contributed by atoms with Crippen LogP contribution in [0, 0.1) is 17.8 Å². The van der Waals surface area contributed by atoms with E-state index < -0.39 is 6.09 Å². The summed E-state index contributed by atoms with van der Waals surface area (Å²) in [6.07, 6.45) is 3.45. The van der Waals surface area contributed by atoms with Crippen LogP contribution in [-0.2, 0) is 0 Å². The average molecular weight is 332 g/mol. The molecule has 2 fully saturated rings. The number of carboxylic acid groups (broad SMARTS) is 1. The molecule has 2 aromatic heterocycles. The van der Waals surface area contributed by atoms with E-state index in [9.17, 15) is 9.59 Å². The largest absolute Gasteiger partial charge is 0.465 e. The average Bonchev–Trinajstić information content (AvgIpc) is 2.96. The molecule has 1 aliphatic carbocycles. The Bertz CT molecular complexity index is 732. The Hall–Kier alpha value is -2.22. The Balaban J connectivity index is 1.26. The zero-order valence-electron chi connectivity index (χ0n) is 12.3. The number of nitrogens with zero attached hydrogens (tertiary/aromatic N) is 3. The zero-order valence-corrected chi connectivity index (χ0v) is 13.1. The zero-order chi connectivity index (χ0) is 16.0. The summed E-state index contributed by atoms with van der Waals surface area (Å²) in [6, 6.07) is 1.79. The summed E-state index contributed by atoms with van der Waals surface area (Å²) >= 11 is 1.34. The Morgan fingerprint density at radius 1 is 1.39 bits per heavy atom. The van der Waals surface area contributed by atoms with Crippen molar-refractivity contribution in [3.8, 4) is 0 Å². The molecule has 23 heavy (non-hydrogen) atoms. The maximum atomic E-state index is 12.1. The lowest BCUT2D eigenvalue weighted by atomic mass is 10.2. The van der Waals surface area contributed by atoms with Crippen molar-refractivity contribution in [2.45, 2.75) is 6.42 Å². The lowest BCUT2D eigenvalue weighted by molar-refractivity contribution is 0.0952. The Morgan fingerprint density at radius 3 is 2.87 bits per heavy atom. The van der Waals surface area contributed by atoms with Crippen LogP contribution in [0.4, 0.5) is 4.79 Å². The van der Waals surface area contributed by atoms with E-state index >= 15 is 0 Å². The molecule has 120 valence electrons. The predicted molar refractivity (Wildman–Crippen MR) is 84.4 cm³/mol. The van der Waals surface area contributed by atoms with Gasteiger partial charge in [0, 0.05) is 32.0 Å². The van der Waals surface area contributed by atoms with Crippen LogP contribution in [0.2, 0.25) is 0 Å². The van der Waals surface area contributed by atoms with Crippen LogP contribution in [0.1, 0.15) is 16.2 Å². The third-order valence-corrected chi connectivity index (χ3v) is 5.80. The van der Waals surface area contributed by atoms with Crippen LogP contribution in [-0.4, -0.2) is 51.6 Å². The third-order valence-electron chi connectivity index (χ3n) is 4.79. The SMILES string of the molecule is O=C(NCCC1C2CN(C(=O)O)CC12)c1nc2ccncc2s1. The second-order valence-electron chi connectivity index (χ2n) is 6.09. The lowest BCUT2D eigenvalue weighted by Crippen LogP contribution is -2.30. The molecule has 1 saturated heterocycles. The van der Waals surface area contributed by atoms with Crippen LogP contribution < -0.4 is 5.32 Å². The Morgan fingerprint density at radius 2 is 2.17 bits per heavy atom. The van der Waals surface area contributed by atoms with Gasteiger partial charge in [0.15, 0.2) is 5.01 Å². The highest BCUT2D eigenvalue weighted by molar-refractivity contribution is 7.20. The summed E-state index contributed by atoms with van der Waals surface area (Å²) in [5, 5.41) is 12.3. The maximum Gasteiger partial charge on any atom is 0.407 e. The number of amides is 2. The van der Waals surface area contributed by atoms with Gasteiger partial charge in [-0.25, -0.2) is 9.78 Å². The van der Waals surface area contributed by atoms with Gasteiger partial charge in [0.05, 0.1) is 10.2 Å². The van der Waals surface area contributed by atoms with Gasteiger partial charge in [-0.2, -0.15) is 0 Å². The van der Waals surface area contributed by atoms with Gasteiger partial charge in [-0.05, 0) is 30.2 Å². The number of carbonyl (C=O) groups excluding carboxylic acids is 1. The van der Waals surface area contributed by atoms with Crippen LogP contribution in [0.3, 0.4) is 0 Å². The molecule has 0 aromatic carbocycles. The normalized spacial score (nSPS) is 25.4. The number of hydrogen-bond acceptors (Lipinski definition) is 5. The number of nitrogens with one attached hydrogen (secondary N) is 1. The monoisotopic (exact) mass is 332 g/mol. The number of fused-ring (bicyclic) bond motifs is 2. The van der Waals surface area contributed by atoms with Crippen LogP contribution >= 0.6 is 11.3 Å². The molecule has 0 radical (unpaired) electrons. The molecular formula is C15H16N4O3S. The molecular weight excluding hydrogens is 316 g/mol. The summed E-state index contributed by atoms with van der Waals surface area (Å²) < 4.78 is 0.906. The predicted octanol–water partition coefficient (Wildman–Crippen LogP) is 1.67. The molecule has 2 unspecified atom stereocenters. The van der Waals surface area contributed by atoms with Gasteiger partial charge < -0.3 is 15.3 Å². The highest BCUT2D eigenvalue weighted by Gasteiger charge is 2.55. The molecule has 2 aliphatic rings. The minimum Gasteiger partial charge on any atom is -0.465 e. The van der Waals surface area contributed by atoms with Crippen molar-refractivity contribution < 1.29 is 14.7 Å². The van der Waals surface area contributed by atoms with E-state index in [2.05, 4.69) is 15.3 Å². The van der Waals surface area contributed by atoms with Gasteiger partial charge in [-0.3, -0.25) is 9.78 Å². The van der Waals surface area contributed by atoms with Gasteiger partial charge in [-0.15, -0.1) is 11.3 Å². The summed E-state index contributed by atoms with van der Waals surface area (Å²) in [4.78, 5) is 32.8. The number of hydrogen-bond donors (Lipinski definition) is 2. The van der Waals surface area contributed by atoms with E-state index in [1.165, 1.54) is 16.2 Å². The smallest absolute Gasteiger partial charge is 0.407 e. The fourth-order valence-corrected chi connectivity index (χ4v) is 4.39. The summed E-state index contributed by atoms with van der Waals surface area (Å²) in [6.45, 7) is 1.89. The highest BCUT2D eigenvalue weighted by Crippen LogP contribution is 2.53. The molecule has 7 nitrogen and oxygen atoms in total. The first-order valence-corrected chi connectivity index (χ1v) is 8.42. The van der Waals surface area contributed by atoms with Crippen molar-refractivity contribution in [1.29, 1.82) is 0 Å². The second kappa shape index (κ2) is 5.45. The number of carbonyl (C=O) groups is 2. The molecule has 2 amide bonds. The van der Waals surface area contributed by atoms with Gasteiger partial charge in [0.1, 0.15) is 0 Å². The van der Waals surface area contributed by atoms with Crippen LogP contribution in [0.25, 0.3) is 10.2 Å². The molecule has 2 aromatic rings. The Labute approximate surface area is 136 Å². The minimum atomic E-state index is -0.824. The highest BCUT2D eigenvalue weighted by atomic mass is 32.1. The fourth-order valence-electron chi connectivity index (χ4n) is 3.54. The molecule has 4 rings (SSSR count). The van der Waals surface area contributed by atoms with E-state index in [4.69, 9.17) is 5.11 Å². The first kappa shape index (κ1) is 14.4. The molecule has 2 N–H and O–H groups in total. The van der Waals surface area contributed by atoms with Gasteiger partial charge in [0.25, 0.3) is 5.91 Å². The van der Waals surface area contributed by atoms with E-state index in [-0.39, 0.29) is 5.91 Å². The van der Waals surface area contributed by atoms with Crippen LogP contribution in [0.5, 0.6) is 0 Å². The third kappa shape index (κ3) is 2.63. The number of piperidine rings is 1. The number of thiazole rings is 1. The van der Waals surface area contributed by atoms with E-state index in [1.807, 2.05) is 0 Å². The molecule has 0 spiro atoms. The summed E-state index contributed by atoms with van der Waals surface area (Å²) in [5.74, 6) is 1.36. The van der Waals surface area contributed by atoms with Crippen molar-refractivity contribution in [2.75, 3.05) is 19.6 Å². The van der Waals surface area contributed by atoms with Crippen LogP contribution in [0.15, 0.2) is 18.5 Å². The number of aromatic nitrogens is 2.